The van der Waals surface area contributed by atoms with Gasteiger partial charge in [-0.15, -0.1) is 0 Å². The average molecular weight is 541 g/mol. The lowest BCUT2D eigenvalue weighted by molar-refractivity contribution is -0.152. The van der Waals surface area contributed by atoms with Crippen LogP contribution >= 0.6 is 11.6 Å². The number of benzene rings is 2. The van der Waals surface area contributed by atoms with E-state index in [0.717, 1.165) is 74.4 Å². The van der Waals surface area contributed by atoms with E-state index in [-0.39, 0.29) is 29.1 Å². The molecule has 4 heterocycles. The largest absolute Gasteiger partial charge is 0.468 e. The van der Waals surface area contributed by atoms with Crippen molar-refractivity contribution in [2.24, 2.45) is 0 Å². The van der Waals surface area contributed by atoms with Crippen molar-refractivity contribution in [2.75, 3.05) is 46.5 Å². The summed E-state index contributed by atoms with van der Waals surface area (Å²) >= 11 is 6.05. The van der Waals surface area contributed by atoms with Gasteiger partial charge in [0.15, 0.2) is 0 Å². The van der Waals surface area contributed by atoms with Crippen molar-refractivity contribution in [1.82, 2.24) is 20.1 Å². The molecule has 2 aromatic carbocycles. The predicted molar refractivity (Wildman–Crippen MR) is 145 cm³/mol. The lowest BCUT2D eigenvalue weighted by atomic mass is 9.79. The zero-order valence-electron chi connectivity index (χ0n) is 21.6. The molecule has 0 bridgehead atoms. The maximum Gasteiger partial charge on any atom is 0.323 e. The van der Waals surface area contributed by atoms with Gasteiger partial charge in [0.2, 0.25) is 0 Å². The fraction of sp³-hybridized carbons (Fsp3) is 0.483. The highest BCUT2D eigenvalue weighted by atomic mass is 35.5. The normalized spacial score (nSPS) is 26.2. The summed E-state index contributed by atoms with van der Waals surface area (Å²) in [6.45, 7) is 5.28. The number of carbonyl (C=O) groups excluding carboxylic acids is 1. The molecule has 0 unspecified atom stereocenters. The van der Waals surface area contributed by atoms with Gasteiger partial charge in [0.1, 0.15) is 11.9 Å². The first kappa shape index (κ1) is 25.8. The second kappa shape index (κ2) is 10.9. The van der Waals surface area contributed by atoms with Gasteiger partial charge < -0.3 is 19.8 Å². The molecule has 2 N–H and O–H groups in total. The van der Waals surface area contributed by atoms with Crippen molar-refractivity contribution < 1.29 is 18.7 Å². The number of halogens is 2. The maximum absolute atomic E-state index is 14.7. The number of esters is 1. The van der Waals surface area contributed by atoms with Crippen LogP contribution in [0.3, 0.4) is 0 Å². The Labute approximate surface area is 227 Å². The van der Waals surface area contributed by atoms with Gasteiger partial charge in [-0.1, -0.05) is 35.9 Å². The molecule has 4 atom stereocenters. The number of methoxy groups -OCH3 is 1. The number of hydrogen-bond donors (Lipinski definition) is 2. The fourth-order valence-corrected chi connectivity index (χ4v) is 6.73. The maximum atomic E-state index is 14.7. The standard InChI is InChI=1S/C29H34ClFN4O3/c1-37-29(36)27-17-21-20-4-2-3-5-24(20)33-28(21)26-16-19(32-8-9-34-10-12-38-13-11-34)15-25(35(26)27)18-6-7-22(30)23(31)14-18/h2-7,14,19,25-27,32-33H,8-13,15-17H2,1H3/t19-,25+,26-,27+/m1/s1. The van der Waals surface area contributed by atoms with Crippen molar-refractivity contribution in [3.05, 3.63) is 70.1 Å². The van der Waals surface area contributed by atoms with E-state index in [0.29, 0.717) is 6.42 Å². The second-order valence-electron chi connectivity index (χ2n) is 10.5. The quantitative estimate of drug-likeness (QED) is 0.456. The van der Waals surface area contributed by atoms with E-state index in [1.807, 2.05) is 18.2 Å². The molecule has 0 amide bonds. The summed E-state index contributed by atoms with van der Waals surface area (Å²) in [5.41, 5.74) is 4.21. The number of para-hydroxylation sites is 1. The van der Waals surface area contributed by atoms with E-state index < -0.39 is 11.9 Å². The van der Waals surface area contributed by atoms with Crippen LogP contribution < -0.4 is 5.32 Å². The van der Waals surface area contributed by atoms with Crippen LogP contribution in [0.2, 0.25) is 5.02 Å². The first-order chi connectivity index (χ1) is 18.5. The molecule has 3 aliphatic rings. The fourth-order valence-electron chi connectivity index (χ4n) is 6.61. The molecule has 38 heavy (non-hydrogen) atoms. The molecule has 1 aromatic heterocycles. The average Bonchev–Trinajstić information content (AvgIpc) is 3.33. The number of hydrogen-bond acceptors (Lipinski definition) is 6. The molecule has 202 valence electrons. The van der Waals surface area contributed by atoms with Crippen LogP contribution in [0, 0.1) is 5.82 Å². The number of rotatable bonds is 6. The van der Waals surface area contributed by atoms with Crippen LogP contribution in [0.1, 0.15) is 41.7 Å². The van der Waals surface area contributed by atoms with Crippen LogP contribution in [0.4, 0.5) is 4.39 Å². The molecule has 7 nitrogen and oxygen atoms in total. The van der Waals surface area contributed by atoms with E-state index in [2.05, 4.69) is 32.2 Å². The second-order valence-corrected chi connectivity index (χ2v) is 10.9. The minimum absolute atomic E-state index is 0.0476. The van der Waals surface area contributed by atoms with Crippen LogP contribution in [-0.4, -0.2) is 79.3 Å². The van der Waals surface area contributed by atoms with Gasteiger partial charge in [-0.25, -0.2) is 4.39 Å². The van der Waals surface area contributed by atoms with Crippen molar-refractivity contribution in [3.63, 3.8) is 0 Å². The molecule has 2 fully saturated rings. The number of nitrogens with zero attached hydrogens (tertiary/aromatic N) is 2. The van der Waals surface area contributed by atoms with Gasteiger partial charge >= 0.3 is 5.97 Å². The van der Waals surface area contributed by atoms with Gasteiger partial charge in [-0.3, -0.25) is 14.6 Å². The molecule has 0 saturated carbocycles. The Bertz CT molecular complexity index is 1310. The number of carbonyl (C=O) groups is 1. The Kier molecular flexibility index (Phi) is 7.42. The van der Waals surface area contributed by atoms with Crippen molar-refractivity contribution in [2.45, 2.75) is 43.4 Å². The third-order valence-electron chi connectivity index (χ3n) is 8.44. The first-order valence-corrected chi connectivity index (χ1v) is 13.8. The summed E-state index contributed by atoms with van der Waals surface area (Å²) in [5.74, 6) is -0.704. The van der Waals surface area contributed by atoms with E-state index in [4.69, 9.17) is 21.1 Å². The molecule has 0 radical (unpaired) electrons. The number of nitrogens with one attached hydrogen (secondary N) is 2. The summed E-state index contributed by atoms with van der Waals surface area (Å²) < 4.78 is 25.5. The zero-order chi connectivity index (χ0) is 26.2. The zero-order valence-corrected chi connectivity index (χ0v) is 22.3. The minimum Gasteiger partial charge on any atom is -0.468 e. The third kappa shape index (κ3) is 4.84. The number of aromatic amines is 1. The van der Waals surface area contributed by atoms with Gasteiger partial charge in [0, 0.05) is 61.3 Å². The summed E-state index contributed by atoms with van der Waals surface area (Å²) in [6.07, 6.45) is 2.14. The molecule has 6 rings (SSSR count). The number of morpholine rings is 1. The minimum atomic E-state index is -0.463. The third-order valence-corrected chi connectivity index (χ3v) is 8.75. The van der Waals surface area contributed by atoms with Crippen molar-refractivity contribution in [1.29, 1.82) is 0 Å². The Morgan fingerprint density at radius 2 is 1.97 bits per heavy atom. The number of ether oxygens (including phenoxy) is 2. The van der Waals surface area contributed by atoms with Crippen LogP contribution in [0.25, 0.3) is 10.9 Å². The topological polar surface area (TPSA) is 69.8 Å². The van der Waals surface area contributed by atoms with E-state index in [1.165, 1.54) is 18.7 Å². The number of piperidine rings is 1. The Morgan fingerprint density at radius 1 is 1.18 bits per heavy atom. The summed E-state index contributed by atoms with van der Waals surface area (Å²) in [5, 5.41) is 5.04. The van der Waals surface area contributed by atoms with Crippen LogP contribution in [0.15, 0.2) is 42.5 Å². The molecular weight excluding hydrogens is 507 g/mol. The van der Waals surface area contributed by atoms with E-state index >= 15 is 0 Å². The molecule has 2 saturated heterocycles. The van der Waals surface area contributed by atoms with Gasteiger partial charge in [-0.05, 0) is 42.2 Å². The van der Waals surface area contributed by atoms with Gasteiger partial charge in [0.25, 0.3) is 0 Å². The van der Waals surface area contributed by atoms with Crippen LogP contribution in [0.5, 0.6) is 0 Å². The van der Waals surface area contributed by atoms with Crippen LogP contribution in [-0.2, 0) is 20.7 Å². The Balaban J connectivity index is 1.36. The SMILES string of the molecule is COC(=O)[C@@H]1Cc2c([nH]c3ccccc23)[C@H]2C[C@H](NCCN3CCOCC3)C[C@@H](c3ccc(Cl)c(F)c3)N21. The lowest BCUT2D eigenvalue weighted by Crippen LogP contribution is -2.56. The molecule has 3 aromatic rings. The molecule has 3 aliphatic heterocycles. The molecule has 0 spiro atoms. The molecule has 0 aliphatic carbocycles. The predicted octanol–water partition coefficient (Wildman–Crippen LogP) is 4.23. The van der Waals surface area contributed by atoms with E-state index in [9.17, 15) is 9.18 Å². The van der Waals surface area contributed by atoms with Crippen molar-refractivity contribution >= 4 is 28.5 Å². The smallest absolute Gasteiger partial charge is 0.323 e. The summed E-state index contributed by atoms with van der Waals surface area (Å²) in [6, 6.07) is 12.8. The Hall–Kier alpha value is -2.49. The Morgan fingerprint density at radius 3 is 2.76 bits per heavy atom. The number of H-pyrrole nitrogens is 1. The highest BCUT2D eigenvalue weighted by molar-refractivity contribution is 6.30. The van der Waals surface area contributed by atoms with E-state index in [1.54, 1.807) is 6.07 Å². The monoisotopic (exact) mass is 540 g/mol. The lowest BCUT2D eigenvalue weighted by Gasteiger charge is -2.51. The molecule has 9 heteroatoms. The summed E-state index contributed by atoms with van der Waals surface area (Å²) in [4.78, 5) is 21.6. The number of aromatic nitrogens is 1. The first-order valence-electron chi connectivity index (χ1n) is 13.5. The van der Waals surface area contributed by atoms with Gasteiger partial charge in [-0.2, -0.15) is 0 Å². The number of fused-ring (bicyclic) bond motifs is 5. The highest BCUT2D eigenvalue weighted by Crippen LogP contribution is 2.49. The van der Waals surface area contributed by atoms with Gasteiger partial charge in [0.05, 0.1) is 31.4 Å². The van der Waals surface area contributed by atoms with Crippen molar-refractivity contribution in [3.8, 4) is 0 Å². The summed E-state index contributed by atoms with van der Waals surface area (Å²) in [7, 11) is 1.44. The highest BCUT2D eigenvalue weighted by Gasteiger charge is 2.48. The molecular formula is C29H34ClFN4O3.